The van der Waals surface area contributed by atoms with Crippen molar-refractivity contribution in [3.63, 3.8) is 0 Å². The topological polar surface area (TPSA) is 44.2 Å². The molecule has 0 unspecified atom stereocenters. The first-order valence-electron chi connectivity index (χ1n) is 15.5. The Balaban J connectivity index is 1.20. The summed E-state index contributed by atoms with van der Waals surface area (Å²) in [6, 6.07) is 8.12. The molecule has 1 aromatic carbocycles. The maximum atomic E-state index is 5.95. The summed E-state index contributed by atoms with van der Waals surface area (Å²) in [6.07, 6.45) is 29.4. The Labute approximate surface area is 227 Å². The Kier molecular flexibility index (Phi) is 15.2. The molecule has 1 aromatic heterocycles. The molecule has 0 aliphatic heterocycles. The normalized spacial score (nSPS) is 14.1. The third kappa shape index (κ3) is 12.8. The van der Waals surface area contributed by atoms with Crippen molar-refractivity contribution in [1.82, 2.24) is 9.97 Å². The lowest BCUT2D eigenvalue weighted by Crippen LogP contribution is -2.05. The zero-order chi connectivity index (χ0) is 25.8. The molecule has 1 saturated carbocycles. The number of aromatic nitrogens is 2. The van der Waals surface area contributed by atoms with Crippen molar-refractivity contribution in [2.75, 3.05) is 13.2 Å². The average Bonchev–Trinajstić information content (AvgIpc) is 2.95. The lowest BCUT2D eigenvalue weighted by Gasteiger charge is -2.21. The van der Waals surface area contributed by atoms with Gasteiger partial charge in [-0.05, 0) is 43.0 Å². The Bertz CT molecular complexity index is 800. The van der Waals surface area contributed by atoms with Gasteiger partial charge in [-0.15, -0.1) is 0 Å². The zero-order valence-electron chi connectivity index (χ0n) is 23.6. The lowest BCUT2D eigenvalue weighted by atomic mass is 9.85. The maximum absolute atomic E-state index is 5.95. The second kappa shape index (κ2) is 19.0. The molecule has 1 aliphatic carbocycles. The van der Waals surface area contributed by atoms with Crippen LogP contribution >= 0.6 is 0 Å². The summed E-state index contributed by atoms with van der Waals surface area (Å²) >= 11 is 0. The van der Waals surface area contributed by atoms with Gasteiger partial charge >= 0.3 is 0 Å². The van der Waals surface area contributed by atoms with Crippen LogP contribution in [0.3, 0.4) is 0 Å². The van der Waals surface area contributed by atoms with Gasteiger partial charge in [-0.2, -0.15) is 0 Å². The zero-order valence-corrected chi connectivity index (χ0v) is 23.6. The van der Waals surface area contributed by atoms with E-state index in [4.69, 9.17) is 9.47 Å². The molecule has 37 heavy (non-hydrogen) atoms. The summed E-state index contributed by atoms with van der Waals surface area (Å²) in [6.45, 7) is 3.78. The summed E-state index contributed by atoms with van der Waals surface area (Å²) in [5.74, 6) is 3.44. The highest BCUT2D eigenvalue weighted by Crippen LogP contribution is 2.28. The van der Waals surface area contributed by atoms with Gasteiger partial charge in [0.2, 0.25) is 0 Å². The molecule has 1 aliphatic rings. The average molecular weight is 509 g/mol. The first-order valence-corrected chi connectivity index (χ1v) is 15.5. The monoisotopic (exact) mass is 508 g/mol. The number of hydrogen-bond acceptors (Lipinski definition) is 4. The Morgan fingerprint density at radius 1 is 0.622 bits per heavy atom. The van der Waals surface area contributed by atoms with Crippen LogP contribution in [0.15, 0.2) is 36.7 Å². The third-order valence-corrected chi connectivity index (χ3v) is 7.76. The Morgan fingerprint density at radius 3 is 1.78 bits per heavy atom. The van der Waals surface area contributed by atoms with Crippen LogP contribution in [0.5, 0.6) is 11.5 Å². The molecular formula is C33H52N2O2. The predicted molar refractivity (Wildman–Crippen MR) is 155 cm³/mol. The molecule has 206 valence electrons. The third-order valence-electron chi connectivity index (χ3n) is 7.76. The van der Waals surface area contributed by atoms with Crippen LogP contribution < -0.4 is 9.47 Å². The van der Waals surface area contributed by atoms with E-state index in [9.17, 15) is 0 Å². The molecule has 3 rings (SSSR count). The Hall–Kier alpha value is -2.10. The highest BCUT2D eigenvalue weighted by Gasteiger charge is 2.12. The molecule has 4 nitrogen and oxygen atoms in total. The molecule has 1 heterocycles. The lowest BCUT2D eigenvalue weighted by molar-refractivity contribution is 0.302. The van der Waals surface area contributed by atoms with Crippen LogP contribution in [0.2, 0.25) is 0 Å². The fourth-order valence-electron chi connectivity index (χ4n) is 5.40. The van der Waals surface area contributed by atoms with Crippen LogP contribution in [0.25, 0.3) is 11.4 Å². The minimum atomic E-state index is 0.720. The van der Waals surface area contributed by atoms with Crippen LogP contribution in [-0.4, -0.2) is 23.2 Å². The van der Waals surface area contributed by atoms with E-state index in [1.807, 2.05) is 24.3 Å². The summed E-state index contributed by atoms with van der Waals surface area (Å²) in [5, 5.41) is 0. The van der Waals surface area contributed by atoms with Gasteiger partial charge in [-0.3, -0.25) is 0 Å². The van der Waals surface area contributed by atoms with Gasteiger partial charge in [0.15, 0.2) is 11.6 Å². The van der Waals surface area contributed by atoms with Gasteiger partial charge in [0.05, 0.1) is 25.6 Å². The van der Waals surface area contributed by atoms with Crippen LogP contribution in [0.4, 0.5) is 0 Å². The van der Waals surface area contributed by atoms with Gasteiger partial charge in [0, 0.05) is 5.56 Å². The minimum absolute atomic E-state index is 0.720. The summed E-state index contributed by atoms with van der Waals surface area (Å²) < 4.78 is 11.7. The largest absolute Gasteiger partial charge is 0.494 e. The van der Waals surface area contributed by atoms with Gasteiger partial charge in [0.25, 0.3) is 0 Å². The molecular weight excluding hydrogens is 456 g/mol. The standard InChI is InChI=1S/C33H52N2O2/c1-2-3-4-5-10-17-26-37-32-27-34-33(35-28-32)30-21-23-31(24-22-30)36-25-16-11-8-6-7-9-13-18-29-19-14-12-15-20-29/h21-24,27-29H,2-20,25-26H2,1H3. The van der Waals surface area contributed by atoms with E-state index in [2.05, 4.69) is 16.9 Å². The Morgan fingerprint density at radius 2 is 1.16 bits per heavy atom. The van der Waals surface area contributed by atoms with Crippen molar-refractivity contribution in [3.8, 4) is 22.9 Å². The molecule has 0 spiro atoms. The number of benzene rings is 1. The van der Waals surface area contributed by atoms with Gasteiger partial charge < -0.3 is 9.47 Å². The molecule has 0 N–H and O–H groups in total. The second-order valence-corrected chi connectivity index (χ2v) is 11.0. The number of nitrogens with zero attached hydrogens (tertiary/aromatic N) is 2. The van der Waals surface area contributed by atoms with Gasteiger partial charge in [-0.25, -0.2) is 9.97 Å². The highest BCUT2D eigenvalue weighted by atomic mass is 16.5. The van der Waals surface area contributed by atoms with Crippen LogP contribution in [0.1, 0.15) is 129 Å². The molecule has 1 fully saturated rings. The summed E-state index contributed by atoms with van der Waals surface area (Å²) in [5.41, 5.74) is 0.998. The second-order valence-electron chi connectivity index (χ2n) is 11.0. The molecule has 2 aromatic rings. The van der Waals surface area contributed by atoms with Crippen molar-refractivity contribution >= 4 is 0 Å². The van der Waals surface area contributed by atoms with E-state index >= 15 is 0 Å². The molecule has 0 saturated heterocycles. The fraction of sp³-hybridized carbons (Fsp3) is 0.697. The van der Waals surface area contributed by atoms with E-state index < -0.39 is 0 Å². The van der Waals surface area contributed by atoms with Crippen LogP contribution in [-0.2, 0) is 0 Å². The molecule has 4 heteroatoms. The number of hydrogen-bond donors (Lipinski definition) is 0. The molecule has 0 atom stereocenters. The van der Waals surface area contributed by atoms with E-state index in [0.29, 0.717) is 0 Å². The van der Waals surface area contributed by atoms with E-state index in [-0.39, 0.29) is 0 Å². The number of rotatable bonds is 20. The molecule has 0 bridgehead atoms. The van der Waals surface area contributed by atoms with Gasteiger partial charge in [-0.1, -0.05) is 116 Å². The number of ether oxygens (including phenoxy) is 2. The predicted octanol–water partition coefficient (Wildman–Crippen LogP) is 9.96. The summed E-state index contributed by atoms with van der Waals surface area (Å²) in [7, 11) is 0. The first kappa shape index (κ1) is 29.5. The highest BCUT2D eigenvalue weighted by molar-refractivity contribution is 5.56. The minimum Gasteiger partial charge on any atom is -0.494 e. The molecule has 0 amide bonds. The van der Waals surface area contributed by atoms with E-state index in [1.165, 1.54) is 109 Å². The molecule has 0 radical (unpaired) electrons. The van der Waals surface area contributed by atoms with Crippen molar-refractivity contribution in [1.29, 1.82) is 0 Å². The summed E-state index contributed by atoms with van der Waals surface area (Å²) in [4.78, 5) is 8.97. The van der Waals surface area contributed by atoms with Crippen molar-refractivity contribution < 1.29 is 9.47 Å². The maximum Gasteiger partial charge on any atom is 0.159 e. The fourth-order valence-corrected chi connectivity index (χ4v) is 5.40. The van der Waals surface area contributed by atoms with Crippen molar-refractivity contribution in [2.45, 2.75) is 129 Å². The smallest absolute Gasteiger partial charge is 0.159 e. The number of unbranched alkanes of at least 4 members (excludes halogenated alkanes) is 11. The van der Waals surface area contributed by atoms with Crippen molar-refractivity contribution in [2.24, 2.45) is 5.92 Å². The first-order chi connectivity index (χ1) is 18.3. The van der Waals surface area contributed by atoms with Gasteiger partial charge in [0.1, 0.15) is 5.75 Å². The SMILES string of the molecule is CCCCCCCCOc1cnc(-c2ccc(OCCCCCCCCCC3CCCCC3)cc2)nc1. The van der Waals surface area contributed by atoms with E-state index in [0.717, 1.165) is 54.9 Å². The quantitative estimate of drug-likeness (QED) is 0.167. The van der Waals surface area contributed by atoms with E-state index in [1.54, 1.807) is 12.4 Å². The van der Waals surface area contributed by atoms with Crippen LogP contribution in [0, 0.1) is 5.92 Å². The van der Waals surface area contributed by atoms with Crippen molar-refractivity contribution in [3.05, 3.63) is 36.7 Å².